The Morgan fingerprint density at radius 1 is 0.549 bits per heavy atom. The van der Waals surface area contributed by atoms with Gasteiger partial charge in [-0.25, -0.2) is 0 Å². The Hall–Kier alpha value is -4.90. The molecule has 0 heterocycles. The average molecular weight is 669 g/mol. The van der Waals surface area contributed by atoms with Crippen LogP contribution in [-0.4, -0.2) is 23.8 Å². The zero-order valence-corrected chi connectivity index (χ0v) is 31.1. The summed E-state index contributed by atoms with van der Waals surface area (Å²) in [5.41, 5.74) is 15.0. The monoisotopic (exact) mass is 668 g/mol. The fourth-order valence-corrected chi connectivity index (χ4v) is 7.13. The van der Waals surface area contributed by atoms with Crippen molar-refractivity contribution in [1.29, 1.82) is 0 Å². The second kappa shape index (κ2) is 13.0. The minimum absolute atomic E-state index is 0.0945. The van der Waals surface area contributed by atoms with Crippen molar-refractivity contribution in [3.8, 4) is 33.4 Å². The fraction of sp³-hybridized carbons (Fsp3) is 0.234. The second-order valence-corrected chi connectivity index (χ2v) is 15.5. The molecule has 1 aliphatic carbocycles. The molecule has 0 fully saturated rings. The molecular formula is C47H47BNO2. The summed E-state index contributed by atoms with van der Waals surface area (Å²) in [7, 11) is 1.78. The molecule has 0 amide bonds. The largest absolute Gasteiger partial charge is 0.427 e. The van der Waals surface area contributed by atoms with E-state index in [1.807, 2.05) is 13.8 Å². The smallest absolute Gasteiger partial charge is 0.331 e. The highest BCUT2D eigenvalue weighted by Crippen LogP contribution is 2.50. The number of aryl methyl sites for hydroxylation is 2. The lowest BCUT2D eigenvalue weighted by molar-refractivity contribution is -0.0893. The van der Waals surface area contributed by atoms with E-state index in [1.54, 1.807) is 21.3 Å². The summed E-state index contributed by atoms with van der Waals surface area (Å²) >= 11 is 0. The molecule has 0 aromatic heterocycles. The zero-order valence-electron chi connectivity index (χ0n) is 31.1. The Kier molecular flexibility index (Phi) is 8.82. The van der Waals surface area contributed by atoms with Crippen LogP contribution < -0.4 is 10.4 Å². The van der Waals surface area contributed by atoms with Crippen molar-refractivity contribution in [2.24, 2.45) is 0 Å². The molecule has 6 aromatic carbocycles. The molecule has 0 saturated heterocycles. The van der Waals surface area contributed by atoms with E-state index in [4.69, 9.17) is 4.65 Å². The number of anilines is 3. The van der Waals surface area contributed by atoms with Crippen LogP contribution in [0.25, 0.3) is 33.4 Å². The van der Waals surface area contributed by atoms with Crippen LogP contribution in [0.1, 0.15) is 63.8 Å². The van der Waals surface area contributed by atoms with Crippen LogP contribution in [0.3, 0.4) is 0 Å². The van der Waals surface area contributed by atoms with E-state index in [0.717, 1.165) is 39.2 Å². The predicted octanol–water partition coefficient (Wildman–Crippen LogP) is 11.2. The highest BCUT2D eigenvalue weighted by atomic mass is 16.5. The summed E-state index contributed by atoms with van der Waals surface area (Å²) in [6, 6.07) is 48.5. The van der Waals surface area contributed by atoms with Crippen molar-refractivity contribution in [1.82, 2.24) is 0 Å². The van der Waals surface area contributed by atoms with Gasteiger partial charge in [0.15, 0.2) is 0 Å². The van der Waals surface area contributed by atoms with Crippen molar-refractivity contribution < 1.29 is 9.76 Å². The molecule has 7 rings (SSSR count). The summed E-state index contributed by atoms with van der Waals surface area (Å²) in [5, 5.41) is 10.6. The van der Waals surface area contributed by atoms with Crippen molar-refractivity contribution in [2.75, 3.05) is 4.90 Å². The average Bonchev–Trinajstić information content (AvgIpc) is 3.35. The van der Waals surface area contributed by atoms with E-state index in [1.165, 1.54) is 38.9 Å². The van der Waals surface area contributed by atoms with Gasteiger partial charge in [0.1, 0.15) is 0 Å². The van der Waals surface area contributed by atoms with E-state index < -0.39 is 11.2 Å². The number of aliphatic hydroxyl groups is 1. The van der Waals surface area contributed by atoms with Crippen LogP contribution in [0.15, 0.2) is 133 Å². The summed E-state index contributed by atoms with van der Waals surface area (Å²) < 4.78 is 6.10. The first-order chi connectivity index (χ1) is 24.2. The molecule has 1 radical (unpaired) electrons. The summed E-state index contributed by atoms with van der Waals surface area (Å²) in [4.78, 5) is 2.37. The third kappa shape index (κ3) is 6.44. The van der Waals surface area contributed by atoms with Gasteiger partial charge in [-0.1, -0.05) is 122 Å². The molecule has 3 nitrogen and oxygen atoms in total. The Balaban J connectivity index is 1.25. The van der Waals surface area contributed by atoms with Crippen molar-refractivity contribution in [3.63, 3.8) is 0 Å². The lowest BCUT2D eigenvalue weighted by Crippen LogP contribution is -2.49. The van der Waals surface area contributed by atoms with Crippen LogP contribution in [0.4, 0.5) is 17.1 Å². The van der Waals surface area contributed by atoms with E-state index in [0.29, 0.717) is 0 Å². The van der Waals surface area contributed by atoms with Gasteiger partial charge >= 0.3 is 7.48 Å². The third-order valence-corrected chi connectivity index (χ3v) is 11.1. The molecule has 6 aromatic rings. The highest BCUT2D eigenvalue weighted by Gasteiger charge is 2.37. The molecule has 1 aliphatic rings. The number of hydrogen-bond acceptors (Lipinski definition) is 3. The number of fused-ring (bicyclic) bond motifs is 3. The lowest BCUT2D eigenvalue weighted by Gasteiger charge is -2.37. The fourth-order valence-electron chi connectivity index (χ4n) is 7.13. The van der Waals surface area contributed by atoms with Crippen molar-refractivity contribution in [2.45, 2.75) is 72.0 Å². The molecule has 4 heteroatoms. The maximum atomic E-state index is 10.6. The van der Waals surface area contributed by atoms with Gasteiger partial charge in [0, 0.05) is 22.5 Å². The minimum Gasteiger partial charge on any atom is -0.427 e. The van der Waals surface area contributed by atoms with Crippen LogP contribution in [0, 0.1) is 13.8 Å². The summed E-state index contributed by atoms with van der Waals surface area (Å²) in [6.07, 6.45) is 0. The minimum atomic E-state index is -0.979. The Morgan fingerprint density at radius 3 is 1.75 bits per heavy atom. The molecule has 0 aliphatic heterocycles. The molecule has 0 bridgehead atoms. The first-order valence-electron chi connectivity index (χ1n) is 17.9. The van der Waals surface area contributed by atoms with Crippen LogP contribution in [0.2, 0.25) is 0 Å². The maximum Gasteiger partial charge on any atom is 0.331 e. The number of nitrogens with zero attached hydrogens (tertiary/aromatic N) is 1. The molecule has 0 unspecified atom stereocenters. The predicted molar refractivity (Wildman–Crippen MR) is 216 cm³/mol. The molecule has 51 heavy (non-hydrogen) atoms. The normalized spacial score (nSPS) is 13.4. The number of hydrogen-bond donors (Lipinski definition) is 1. The van der Waals surface area contributed by atoms with Gasteiger partial charge in [0.2, 0.25) is 0 Å². The van der Waals surface area contributed by atoms with Crippen LogP contribution in [-0.2, 0) is 10.1 Å². The first-order valence-corrected chi connectivity index (χ1v) is 17.9. The summed E-state index contributed by atoms with van der Waals surface area (Å²) in [6.45, 7) is 16.3. The van der Waals surface area contributed by atoms with Gasteiger partial charge in [0.05, 0.1) is 11.2 Å². The number of rotatable bonds is 9. The molecule has 255 valence electrons. The summed E-state index contributed by atoms with van der Waals surface area (Å²) in [5.74, 6) is 0. The maximum absolute atomic E-state index is 10.6. The van der Waals surface area contributed by atoms with Gasteiger partial charge in [-0.15, -0.1) is 0 Å². The highest BCUT2D eigenvalue weighted by molar-refractivity contribution is 6.47. The van der Waals surface area contributed by atoms with Gasteiger partial charge in [-0.2, -0.15) is 0 Å². The zero-order chi connectivity index (χ0) is 36.1. The molecule has 0 atom stereocenters. The topological polar surface area (TPSA) is 32.7 Å². The van der Waals surface area contributed by atoms with Crippen molar-refractivity contribution in [3.05, 3.63) is 156 Å². The van der Waals surface area contributed by atoms with E-state index in [2.05, 4.69) is 166 Å². The standard InChI is InChI=1S/C47H47BNO2/c1-31-29-44(48-51-47(7,8)46(5,6)50)32(2)28-41(31)35-20-24-37(25-21-35)49(36-22-18-34(19-23-36)33-14-10-9-11-15-33)38-26-27-40-39-16-12-13-17-42(39)45(3,4)43(40)30-38/h9-30,50H,1-8H3. The Labute approximate surface area is 304 Å². The molecule has 0 saturated carbocycles. The van der Waals surface area contributed by atoms with E-state index in [-0.39, 0.29) is 5.41 Å². The van der Waals surface area contributed by atoms with Gasteiger partial charge in [0.25, 0.3) is 0 Å². The van der Waals surface area contributed by atoms with Crippen molar-refractivity contribution >= 4 is 30.0 Å². The van der Waals surface area contributed by atoms with E-state index in [9.17, 15) is 5.11 Å². The van der Waals surface area contributed by atoms with Gasteiger partial charge in [-0.05, 0) is 128 Å². The van der Waals surface area contributed by atoms with Crippen LogP contribution >= 0.6 is 0 Å². The number of benzene rings is 6. The van der Waals surface area contributed by atoms with Crippen LogP contribution in [0.5, 0.6) is 0 Å². The van der Waals surface area contributed by atoms with Gasteiger partial charge < -0.3 is 14.7 Å². The Morgan fingerprint density at radius 2 is 1.10 bits per heavy atom. The SMILES string of the molecule is Cc1cc(-c2ccc(N(c3ccc(-c4ccccc4)cc3)c3ccc4c(c3)C(C)(C)c3ccccc3-4)cc2)c(C)cc1[B]OC(C)(C)C(C)(C)O. The van der Waals surface area contributed by atoms with E-state index >= 15 is 0 Å². The Bertz CT molecular complexity index is 2190. The molecule has 0 spiro atoms. The second-order valence-electron chi connectivity index (χ2n) is 15.5. The lowest BCUT2D eigenvalue weighted by atomic mass is 9.78. The molecular weight excluding hydrogens is 621 g/mol. The first kappa shape index (κ1) is 34.5. The quantitative estimate of drug-likeness (QED) is 0.156. The third-order valence-electron chi connectivity index (χ3n) is 11.1. The molecule has 1 N–H and O–H groups in total. The van der Waals surface area contributed by atoms with Gasteiger partial charge in [-0.3, -0.25) is 0 Å².